The predicted molar refractivity (Wildman–Crippen MR) is 140 cm³/mol. The van der Waals surface area contributed by atoms with Crippen LogP contribution in [-0.2, 0) is 10.0 Å². The first-order valence-electron chi connectivity index (χ1n) is 12.7. The van der Waals surface area contributed by atoms with Crippen molar-refractivity contribution in [3.05, 3.63) is 53.1 Å². The van der Waals surface area contributed by atoms with Crippen molar-refractivity contribution in [2.45, 2.75) is 57.3 Å². The molecule has 0 aliphatic carbocycles. The molecule has 7 nitrogen and oxygen atoms in total. The van der Waals surface area contributed by atoms with Crippen molar-refractivity contribution < 1.29 is 18.3 Å². The summed E-state index contributed by atoms with van der Waals surface area (Å²) in [4.78, 5) is 16.6. The van der Waals surface area contributed by atoms with E-state index in [1.54, 1.807) is 31.2 Å². The molecule has 8 heteroatoms. The predicted octanol–water partition coefficient (Wildman–Crippen LogP) is 4.89. The standard InChI is InChI=1S/C27H37N3O4S/c1-20-6-9-26(21(2)18-20)35(33,34)28-24-19-23(27(31)32)7-8-25(24)30-16-11-22(12-17-30)10-15-29-13-4-3-5-14-29/h6-9,18-19,22,28H,3-5,10-17H2,1-2H3,(H,31,32). The Bertz CT molecular complexity index is 1150. The average Bonchev–Trinajstić information content (AvgIpc) is 2.83. The highest BCUT2D eigenvalue weighted by Crippen LogP contribution is 2.34. The minimum absolute atomic E-state index is 0.0588. The number of sulfonamides is 1. The lowest BCUT2D eigenvalue weighted by molar-refractivity contribution is 0.0697. The monoisotopic (exact) mass is 499 g/mol. The summed E-state index contributed by atoms with van der Waals surface area (Å²) in [5.74, 6) is -0.415. The van der Waals surface area contributed by atoms with Crippen molar-refractivity contribution >= 4 is 27.4 Å². The van der Waals surface area contributed by atoms with Crippen LogP contribution in [0.3, 0.4) is 0 Å². The molecule has 0 saturated carbocycles. The SMILES string of the molecule is Cc1ccc(S(=O)(=O)Nc2cc(C(=O)O)ccc2N2CCC(CCN3CCCCC3)CC2)c(C)c1. The summed E-state index contributed by atoms with van der Waals surface area (Å²) in [7, 11) is -3.87. The highest BCUT2D eigenvalue weighted by molar-refractivity contribution is 7.92. The third kappa shape index (κ3) is 6.35. The molecule has 0 aromatic heterocycles. The van der Waals surface area contributed by atoms with Crippen LogP contribution in [0.4, 0.5) is 11.4 Å². The Kier molecular flexibility index (Phi) is 8.02. The first kappa shape index (κ1) is 25.5. The molecular weight excluding hydrogens is 462 g/mol. The van der Waals surface area contributed by atoms with Gasteiger partial charge in [-0.05, 0) is 101 Å². The molecule has 0 amide bonds. The van der Waals surface area contributed by atoms with Gasteiger partial charge in [-0.25, -0.2) is 13.2 Å². The molecule has 0 bridgehead atoms. The zero-order chi connectivity index (χ0) is 25.0. The molecule has 2 heterocycles. The number of carboxylic acids is 1. The number of rotatable bonds is 8. The Morgan fingerprint density at radius 3 is 2.37 bits per heavy atom. The number of anilines is 2. The van der Waals surface area contributed by atoms with Crippen LogP contribution in [0.5, 0.6) is 0 Å². The average molecular weight is 500 g/mol. The number of nitrogens with one attached hydrogen (secondary N) is 1. The molecule has 2 N–H and O–H groups in total. The van der Waals surface area contributed by atoms with E-state index in [9.17, 15) is 18.3 Å². The molecule has 35 heavy (non-hydrogen) atoms. The maximum Gasteiger partial charge on any atom is 0.335 e. The number of likely N-dealkylation sites (tertiary alicyclic amines) is 1. The van der Waals surface area contributed by atoms with Gasteiger partial charge in [0, 0.05) is 13.1 Å². The van der Waals surface area contributed by atoms with Crippen molar-refractivity contribution in [2.24, 2.45) is 5.92 Å². The van der Waals surface area contributed by atoms with E-state index in [4.69, 9.17) is 0 Å². The molecule has 2 aromatic rings. The summed E-state index contributed by atoms with van der Waals surface area (Å²) >= 11 is 0. The fourth-order valence-electron chi connectivity index (χ4n) is 5.34. The Morgan fingerprint density at radius 2 is 1.71 bits per heavy atom. The lowest BCUT2D eigenvalue weighted by Crippen LogP contribution is -2.36. The lowest BCUT2D eigenvalue weighted by Gasteiger charge is -2.36. The summed E-state index contributed by atoms with van der Waals surface area (Å²) in [6.45, 7) is 8.95. The number of piperidine rings is 2. The lowest BCUT2D eigenvalue weighted by atomic mass is 9.92. The molecule has 190 valence electrons. The molecule has 0 spiro atoms. The highest BCUT2D eigenvalue weighted by atomic mass is 32.2. The van der Waals surface area contributed by atoms with E-state index in [1.165, 1.54) is 51.4 Å². The van der Waals surface area contributed by atoms with Crippen LogP contribution in [0, 0.1) is 19.8 Å². The fraction of sp³-hybridized carbons (Fsp3) is 0.519. The smallest absolute Gasteiger partial charge is 0.335 e. The number of hydrogen-bond acceptors (Lipinski definition) is 5. The van der Waals surface area contributed by atoms with Crippen LogP contribution < -0.4 is 9.62 Å². The van der Waals surface area contributed by atoms with E-state index in [-0.39, 0.29) is 10.5 Å². The second kappa shape index (κ2) is 11.0. The van der Waals surface area contributed by atoms with Gasteiger partial charge in [-0.15, -0.1) is 0 Å². The van der Waals surface area contributed by atoms with Gasteiger partial charge in [0.25, 0.3) is 10.0 Å². The van der Waals surface area contributed by atoms with E-state index in [1.807, 2.05) is 13.0 Å². The molecule has 0 unspecified atom stereocenters. The minimum atomic E-state index is -3.87. The van der Waals surface area contributed by atoms with Gasteiger partial charge < -0.3 is 14.9 Å². The molecule has 2 aromatic carbocycles. The molecule has 2 aliphatic heterocycles. The zero-order valence-corrected chi connectivity index (χ0v) is 21.6. The number of nitrogens with zero attached hydrogens (tertiary/aromatic N) is 2. The summed E-state index contributed by atoms with van der Waals surface area (Å²) in [6.07, 6.45) is 7.29. The summed E-state index contributed by atoms with van der Waals surface area (Å²) in [5, 5.41) is 9.51. The van der Waals surface area contributed by atoms with Gasteiger partial charge in [-0.1, -0.05) is 24.1 Å². The summed E-state index contributed by atoms with van der Waals surface area (Å²) in [6, 6.07) is 9.91. The second-order valence-corrected chi connectivity index (χ2v) is 11.7. The molecule has 4 rings (SSSR count). The Balaban J connectivity index is 1.49. The van der Waals surface area contributed by atoms with Gasteiger partial charge in [0.05, 0.1) is 21.8 Å². The van der Waals surface area contributed by atoms with Gasteiger partial charge in [0.15, 0.2) is 0 Å². The van der Waals surface area contributed by atoms with Crippen molar-refractivity contribution in [3.8, 4) is 0 Å². The number of carbonyl (C=O) groups is 1. The molecule has 0 radical (unpaired) electrons. The van der Waals surface area contributed by atoms with Gasteiger partial charge in [-0.3, -0.25) is 4.72 Å². The van der Waals surface area contributed by atoms with Crippen LogP contribution in [0.1, 0.15) is 60.0 Å². The second-order valence-electron chi connectivity index (χ2n) is 10.0. The summed E-state index contributed by atoms with van der Waals surface area (Å²) < 4.78 is 29.2. The normalized spacial score (nSPS) is 17.9. The van der Waals surface area contributed by atoms with Crippen molar-refractivity contribution in [1.82, 2.24) is 4.90 Å². The molecule has 2 aliphatic rings. The number of aryl methyl sites for hydroxylation is 2. The number of aromatic carboxylic acids is 1. The number of carboxylic acid groups (broad SMARTS) is 1. The van der Waals surface area contributed by atoms with E-state index in [0.717, 1.165) is 37.2 Å². The van der Waals surface area contributed by atoms with Crippen LogP contribution in [-0.4, -0.2) is 57.1 Å². The van der Waals surface area contributed by atoms with Crippen LogP contribution in [0.25, 0.3) is 0 Å². The van der Waals surface area contributed by atoms with Crippen LogP contribution in [0.2, 0.25) is 0 Å². The number of hydrogen-bond donors (Lipinski definition) is 2. The van der Waals surface area contributed by atoms with Crippen molar-refractivity contribution in [2.75, 3.05) is 42.3 Å². The maximum absolute atomic E-state index is 13.3. The van der Waals surface area contributed by atoms with Crippen LogP contribution >= 0.6 is 0 Å². The Hall–Kier alpha value is -2.58. The fourth-order valence-corrected chi connectivity index (χ4v) is 6.63. The Morgan fingerprint density at radius 1 is 1.00 bits per heavy atom. The summed E-state index contributed by atoms with van der Waals surface area (Å²) in [5.41, 5.74) is 2.75. The number of benzene rings is 2. The molecule has 0 atom stereocenters. The van der Waals surface area contributed by atoms with Gasteiger partial charge in [0.2, 0.25) is 0 Å². The molecule has 2 fully saturated rings. The van der Waals surface area contributed by atoms with Crippen molar-refractivity contribution in [1.29, 1.82) is 0 Å². The van der Waals surface area contributed by atoms with E-state index in [2.05, 4.69) is 14.5 Å². The minimum Gasteiger partial charge on any atom is -0.478 e. The highest BCUT2D eigenvalue weighted by Gasteiger charge is 2.25. The van der Waals surface area contributed by atoms with E-state index < -0.39 is 16.0 Å². The molecular formula is C27H37N3O4S. The topological polar surface area (TPSA) is 89.9 Å². The van der Waals surface area contributed by atoms with Gasteiger partial charge in [-0.2, -0.15) is 0 Å². The van der Waals surface area contributed by atoms with Gasteiger partial charge in [0.1, 0.15) is 0 Å². The third-order valence-corrected chi connectivity index (χ3v) is 8.89. The largest absolute Gasteiger partial charge is 0.478 e. The quantitative estimate of drug-likeness (QED) is 0.537. The van der Waals surface area contributed by atoms with E-state index >= 15 is 0 Å². The third-order valence-electron chi connectivity index (χ3n) is 7.37. The van der Waals surface area contributed by atoms with Crippen molar-refractivity contribution in [3.63, 3.8) is 0 Å². The van der Waals surface area contributed by atoms with Crippen LogP contribution in [0.15, 0.2) is 41.3 Å². The molecule has 2 saturated heterocycles. The first-order chi connectivity index (χ1) is 16.7. The maximum atomic E-state index is 13.3. The zero-order valence-electron chi connectivity index (χ0n) is 20.8. The van der Waals surface area contributed by atoms with E-state index in [0.29, 0.717) is 17.2 Å². The first-order valence-corrected chi connectivity index (χ1v) is 14.2. The Labute approximate surface area is 209 Å². The van der Waals surface area contributed by atoms with Gasteiger partial charge >= 0.3 is 5.97 Å².